The lowest BCUT2D eigenvalue weighted by atomic mass is 10.0. The zero-order valence-corrected chi connectivity index (χ0v) is 11.5. The van der Waals surface area contributed by atoms with Gasteiger partial charge in [-0.05, 0) is 28.1 Å². The van der Waals surface area contributed by atoms with E-state index in [2.05, 4.69) is 63.9 Å². The smallest absolute Gasteiger partial charge is 0.0196 e. The number of hydrogen-bond acceptors (Lipinski definition) is 0. The lowest BCUT2D eigenvalue weighted by Crippen LogP contribution is -1.84. The van der Waals surface area contributed by atoms with Crippen LogP contribution in [-0.2, 0) is 0 Å². The lowest BCUT2D eigenvalue weighted by molar-refractivity contribution is 0.679. The van der Waals surface area contributed by atoms with E-state index in [1.165, 1.54) is 43.2 Å². The zero-order valence-electron chi connectivity index (χ0n) is 9.38. The first-order valence-electron chi connectivity index (χ1n) is 5.73. The second-order valence-corrected chi connectivity index (χ2v) is 4.43. The summed E-state index contributed by atoms with van der Waals surface area (Å²) in [5, 5.41) is 0. The molecule has 1 heteroatoms. The Balaban J connectivity index is 2.44. The Labute approximate surface area is 107 Å². The lowest BCUT2D eigenvalue weighted by Gasteiger charge is -2.06. The molecule has 0 aliphatic carbocycles. The van der Waals surface area contributed by atoms with Crippen LogP contribution in [0.2, 0.25) is 0 Å². The van der Waals surface area contributed by atoms with Gasteiger partial charge in [0.2, 0.25) is 0 Å². The third-order valence-electron chi connectivity index (χ3n) is 2.58. The van der Waals surface area contributed by atoms with Crippen molar-refractivity contribution in [2.24, 2.45) is 0 Å². The summed E-state index contributed by atoms with van der Waals surface area (Å²) in [6, 6.07) is 10.7. The molecule has 0 saturated carbocycles. The maximum atomic E-state index is 2.35. The number of rotatable bonds is 6. The van der Waals surface area contributed by atoms with Crippen molar-refractivity contribution in [3.05, 3.63) is 40.0 Å². The molecule has 1 aromatic rings. The molecular weight excluding hydrogens is 295 g/mol. The van der Waals surface area contributed by atoms with Gasteiger partial charge in [-0.15, -0.1) is 0 Å². The van der Waals surface area contributed by atoms with E-state index in [1.807, 2.05) is 0 Å². The van der Waals surface area contributed by atoms with Crippen LogP contribution >= 0.6 is 22.6 Å². The van der Waals surface area contributed by atoms with Crippen LogP contribution in [0.25, 0.3) is 5.57 Å². The average Bonchev–Trinajstić information content (AvgIpc) is 2.30. The van der Waals surface area contributed by atoms with Gasteiger partial charge in [0.05, 0.1) is 0 Å². The second-order valence-electron chi connectivity index (χ2n) is 3.81. The van der Waals surface area contributed by atoms with Crippen LogP contribution in [0.5, 0.6) is 0 Å². The highest BCUT2D eigenvalue weighted by Crippen LogP contribution is 2.22. The Morgan fingerprint density at radius 1 is 1.13 bits per heavy atom. The van der Waals surface area contributed by atoms with Crippen LogP contribution in [0.4, 0.5) is 0 Å². The molecule has 0 bridgehead atoms. The second kappa shape index (κ2) is 7.91. The highest BCUT2D eigenvalue weighted by molar-refractivity contribution is 14.1. The van der Waals surface area contributed by atoms with Crippen LogP contribution in [-0.4, -0.2) is 0 Å². The average molecular weight is 314 g/mol. The van der Waals surface area contributed by atoms with Gasteiger partial charge < -0.3 is 0 Å². The standard InChI is InChI=1S/C14H19I/c1-2-3-4-6-11-14(12-15)13-9-7-5-8-10-13/h5,7-10,12H,2-4,6,11H2,1H3/b14-12+. The van der Waals surface area contributed by atoms with E-state index in [0.717, 1.165) is 0 Å². The molecule has 0 heterocycles. The summed E-state index contributed by atoms with van der Waals surface area (Å²) in [6.07, 6.45) is 6.57. The van der Waals surface area contributed by atoms with Gasteiger partial charge in [0.25, 0.3) is 0 Å². The van der Waals surface area contributed by atoms with Crippen molar-refractivity contribution in [1.82, 2.24) is 0 Å². The molecule has 0 aromatic heterocycles. The molecule has 0 aliphatic heterocycles. The molecular formula is C14H19I. The van der Waals surface area contributed by atoms with Crippen molar-refractivity contribution >= 4 is 28.2 Å². The SMILES string of the molecule is CCCCCC/C(=C\I)c1ccccc1. The topological polar surface area (TPSA) is 0 Å². The normalized spacial score (nSPS) is 11.7. The third kappa shape index (κ3) is 4.83. The number of allylic oxidation sites excluding steroid dienone is 1. The van der Waals surface area contributed by atoms with Gasteiger partial charge in [-0.1, -0.05) is 79.1 Å². The van der Waals surface area contributed by atoms with Crippen LogP contribution in [0.15, 0.2) is 34.4 Å². The molecule has 0 radical (unpaired) electrons. The number of halogens is 1. The van der Waals surface area contributed by atoms with E-state index in [9.17, 15) is 0 Å². The van der Waals surface area contributed by atoms with Gasteiger partial charge >= 0.3 is 0 Å². The largest absolute Gasteiger partial charge is 0.0654 e. The van der Waals surface area contributed by atoms with E-state index >= 15 is 0 Å². The third-order valence-corrected chi connectivity index (χ3v) is 3.33. The summed E-state index contributed by atoms with van der Waals surface area (Å²) in [6.45, 7) is 2.26. The highest BCUT2D eigenvalue weighted by atomic mass is 127. The molecule has 82 valence electrons. The van der Waals surface area contributed by atoms with Crippen molar-refractivity contribution in [2.45, 2.75) is 39.0 Å². The summed E-state index contributed by atoms with van der Waals surface area (Å²) in [5.74, 6) is 0. The molecule has 1 aromatic carbocycles. The monoisotopic (exact) mass is 314 g/mol. The number of hydrogen-bond donors (Lipinski definition) is 0. The summed E-state index contributed by atoms with van der Waals surface area (Å²) in [5.41, 5.74) is 2.86. The molecule has 0 amide bonds. The molecule has 0 atom stereocenters. The maximum absolute atomic E-state index is 2.35. The van der Waals surface area contributed by atoms with Crippen molar-refractivity contribution in [1.29, 1.82) is 0 Å². The highest BCUT2D eigenvalue weighted by Gasteiger charge is 1.99. The minimum Gasteiger partial charge on any atom is -0.0654 e. The fraction of sp³-hybridized carbons (Fsp3) is 0.429. The van der Waals surface area contributed by atoms with Gasteiger partial charge in [0.15, 0.2) is 0 Å². The molecule has 15 heavy (non-hydrogen) atoms. The molecule has 1 rings (SSSR count). The summed E-state index contributed by atoms with van der Waals surface area (Å²) in [4.78, 5) is 0. The fourth-order valence-corrected chi connectivity index (χ4v) is 2.33. The first-order chi connectivity index (χ1) is 7.38. The molecule has 0 N–H and O–H groups in total. The Morgan fingerprint density at radius 3 is 2.47 bits per heavy atom. The Kier molecular flexibility index (Phi) is 6.73. The van der Waals surface area contributed by atoms with Crippen LogP contribution < -0.4 is 0 Å². The van der Waals surface area contributed by atoms with Gasteiger partial charge in [-0.2, -0.15) is 0 Å². The first-order valence-corrected chi connectivity index (χ1v) is 6.97. The molecule has 0 spiro atoms. The molecule has 0 unspecified atom stereocenters. The van der Waals surface area contributed by atoms with Crippen molar-refractivity contribution in [3.8, 4) is 0 Å². The predicted octanol–water partition coefficient (Wildman–Crippen LogP) is 5.43. The van der Waals surface area contributed by atoms with Crippen LogP contribution in [0.1, 0.15) is 44.6 Å². The summed E-state index contributed by atoms with van der Waals surface area (Å²) >= 11 is 2.35. The van der Waals surface area contributed by atoms with Crippen molar-refractivity contribution < 1.29 is 0 Å². The van der Waals surface area contributed by atoms with Gasteiger partial charge in [0.1, 0.15) is 0 Å². The van der Waals surface area contributed by atoms with Crippen LogP contribution in [0, 0.1) is 0 Å². The quantitative estimate of drug-likeness (QED) is 0.485. The van der Waals surface area contributed by atoms with E-state index in [4.69, 9.17) is 0 Å². The fourth-order valence-electron chi connectivity index (χ4n) is 1.66. The van der Waals surface area contributed by atoms with Crippen LogP contribution in [0.3, 0.4) is 0 Å². The first kappa shape index (κ1) is 12.8. The van der Waals surface area contributed by atoms with E-state index in [0.29, 0.717) is 0 Å². The molecule has 0 saturated heterocycles. The van der Waals surface area contributed by atoms with E-state index in [-0.39, 0.29) is 0 Å². The maximum Gasteiger partial charge on any atom is -0.0196 e. The number of unbranched alkanes of at least 4 members (excludes halogenated alkanes) is 3. The van der Waals surface area contributed by atoms with Crippen molar-refractivity contribution in [2.75, 3.05) is 0 Å². The van der Waals surface area contributed by atoms with Crippen molar-refractivity contribution in [3.63, 3.8) is 0 Å². The Morgan fingerprint density at radius 2 is 1.87 bits per heavy atom. The van der Waals surface area contributed by atoms with Gasteiger partial charge in [-0.25, -0.2) is 0 Å². The predicted molar refractivity (Wildman–Crippen MR) is 77.2 cm³/mol. The minimum atomic E-state index is 1.22. The summed E-state index contributed by atoms with van der Waals surface area (Å²) in [7, 11) is 0. The van der Waals surface area contributed by atoms with E-state index in [1.54, 1.807) is 0 Å². The zero-order chi connectivity index (χ0) is 10.9. The minimum absolute atomic E-state index is 1.22. The molecule has 0 aliphatic rings. The van der Waals surface area contributed by atoms with Gasteiger partial charge in [0, 0.05) is 0 Å². The molecule has 0 nitrogen and oxygen atoms in total. The Hall–Kier alpha value is -0.310. The summed E-state index contributed by atoms with van der Waals surface area (Å²) < 4.78 is 2.22. The van der Waals surface area contributed by atoms with E-state index < -0.39 is 0 Å². The van der Waals surface area contributed by atoms with Gasteiger partial charge in [-0.3, -0.25) is 0 Å². The Bertz CT molecular complexity index is 287. The number of benzene rings is 1. The molecule has 0 fully saturated rings.